The topological polar surface area (TPSA) is 424 Å². The molecule has 23 atom stereocenters. The van der Waals surface area contributed by atoms with Crippen LogP contribution in [0.15, 0.2) is 114 Å². The molecule has 139 heavy (non-hydrogen) atoms. The number of piperidine rings is 1. The number of phenols is 1. The Labute approximate surface area is 827 Å². The van der Waals surface area contributed by atoms with Gasteiger partial charge in [-0.2, -0.15) is 0 Å². The van der Waals surface area contributed by atoms with E-state index in [4.69, 9.17) is 9.47 Å². The zero-order valence-electron chi connectivity index (χ0n) is 83.4. The predicted molar refractivity (Wildman–Crippen MR) is 535 cm³/mol. The average Bonchev–Trinajstić information content (AvgIpc) is 1.64. The first-order valence-electron chi connectivity index (χ1n) is 51.2. The van der Waals surface area contributed by atoms with Gasteiger partial charge < -0.3 is 87.6 Å². The molecular formula is C106H153N14O17S2+. The third kappa shape index (κ3) is 27.5. The third-order valence-corrected chi connectivity index (χ3v) is 33.8. The molecule has 10 aliphatic rings. The highest BCUT2D eigenvalue weighted by Gasteiger charge is 2.60. The number of carbonyl (C=O) groups excluding carboxylic acids is 13. The Morgan fingerprint density at radius 2 is 1.39 bits per heavy atom. The number of benzene rings is 3. The SMILES string of the molecule is CC(C)CCCC(C)C1CCC2C3CC=C4CC(OC(=O)CNC(=O)C(NC(=O)C5CSSCC(NC(=O)C(Cc6ccc7ccccc7c6)NC(=O)C6CCCN6C(=O)C6CCCN6C(=O)C6CCC[NH+](C)C6)C(=O)NC(Cc6ccc(O)cc6)C(=O)NC(CC6=CNC7C=CC=CC67)C(=O)CNC(CCCCNC(=O)OC(C)(C)C)C(=O)NC(C(C)C)C(=O)N5)C(C)O)CCC4(C)C3CCC12C. The van der Waals surface area contributed by atoms with Crippen LogP contribution in [0.4, 0.5) is 4.79 Å². The minimum atomic E-state index is -1.74. The van der Waals surface area contributed by atoms with E-state index in [1.165, 1.54) is 79.4 Å². The number of aromatic hydroxyl groups is 1. The first-order valence-corrected chi connectivity index (χ1v) is 53.7. The van der Waals surface area contributed by atoms with Gasteiger partial charge in [-0.1, -0.05) is 180 Å². The molecule has 13 rings (SSSR count). The molecule has 11 amide bonds. The Bertz CT molecular complexity index is 5020. The minimum absolute atomic E-state index is 0.0286. The van der Waals surface area contributed by atoms with Crippen LogP contribution in [-0.4, -0.2) is 246 Å². The van der Waals surface area contributed by atoms with Crippen molar-refractivity contribution < 1.29 is 86.9 Å². The molecule has 0 aromatic heterocycles. The van der Waals surface area contributed by atoms with Crippen molar-refractivity contribution in [2.45, 2.75) is 308 Å². The van der Waals surface area contributed by atoms with Gasteiger partial charge in [0.1, 0.15) is 72.3 Å². The molecule has 5 aliphatic heterocycles. The summed E-state index contributed by atoms with van der Waals surface area (Å²) in [5.74, 6) is -6.68. The van der Waals surface area contributed by atoms with E-state index in [-0.39, 0.29) is 104 Å². The quantitative estimate of drug-likeness (QED) is 0.0129. The molecule has 4 saturated heterocycles. The summed E-state index contributed by atoms with van der Waals surface area (Å²) in [5.41, 5.74) is 2.62. The number of fused-ring (bicyclic) bond motifs is 7. The van der Waals surface area contributed by atoms with Crippen LogP contribution in [0.1, 0.15) is 222 Å². The Balaban J connectivity index is 0.777. The van der Waals surface area contributed by atoms with Gasteiger partial charge in [-0.25, -0.2) is 4.79 Å². The number of likely N-dealkylation sites (tertiary alicyclic amines) is 3. The second-order valence-electron chi connectivity index (χ2n) is 43.3. The van der Waals surface area contributed by atoms with Gasteiger partial charge in [0.15, 0.2) is 5.78 Å². The molecule has 23 unspecified atom stereocenters. The van der Waals surface area contributed by atoms with E-state index in [2.05, 4.69) is 106 Å². The number of ketones is 1. The molecule has 33 heteroatoms. The summed E-state index contributed by atoms with van der Waals surface area (Å²) >= 11 is 0. The number of hydrogen-bond acceptors (Lipinski definition) is 21. The number of carbonyl (C=O) groups is 13. The number of nitrogens with zero attached hydrogens (tertiary/aromatic N) is 2. The zero-order valence-corrected chi connectivity index (χ0v) is 85.0. The van der Waals surface area contributed by atoms with Crippen molar-refractivity contribution in [2.75, 3.05) is 64.4 Å². The van der Waals surface area contributed by atoms with E-state index in [9.17, 15) is 34.2 Å². The molecule has 7 fully saturated rings. The Kier molecular flexibility index (Phi) is 37.0. The maximum absolute atomic E-state index is 16.0. The van der Waals surface area contributed by atoms with Gasteiger partial charge in [0, 0.05) is 56.3 Å². The summed E-state index contributed by atoms with van der Waals surface area (Å²) in [7, 11) is 3.96. The van der Waals surface area contributed by atoms with Crippen molar-refractivity contribution in [1.29, 1.82) is 0 Å². The van der Waals surface area contributed by atoms with E-state index in [0.717, 1.165) is 76.1 Å². The highest BCUT2D eigenvalue weighted by Crippen LogP contribution is 2.67. The van der Waals surface area contributed by atoms with Gasteiger partial charge in [0.2, 0.25) is 59.1 Å². The maximum atomic E-state index is 16.0. The fourth-order valence-corrected chi connectivity index (χ4v) is 26.1. The van der Waals surface area contributed by atoms with Gasteiger partial charge in [-0.05, 0) is 235 Å². The number of unbranched alkanes of at least 4 members (excludes halogenated alkanes) is 1. The predicted octanol–water partition coefficient (Wildman–Crippen LogP) is 8.34. The largest absolute Gasteiger partial charge is 0.508 e. The van der Waals surface area contributed by atoms with Crippen LogP contribution in [0, 0.1) is 64.1 Å². The highest BCUT2D eigenvalue weighted by molar-refractivity contribution is 8.76. The number of amides is 11. The lowest BCUT2D eigenvalue weighted by Gasteiger charge is -2.58. The lowest BCUT2D eigenvalue weighted by atomic mass is 9.47. The number of alkyl carbamates (subject to hydrolysis) is 1. The van der Waals surface area contributed by atoms with E-state index in [1.807, 2.05) is 66.8 Å². The summed E-state index contributed by atoms with van der Waals surface area (Å²) in [6.07, 6.45) is 24.6. The summed E-state index contributed by atoms with van der Waals surface area (Å²) in [5, 5.41) is 55.7. The summed E-state index contributed by atoms with van der Waals surface area (Å²) < 4.78 is 11.6. The van der Waals surface area contributed by atoms with E-state index in [1.54, 1.807) is 57.9 Å². The molecule has 5 aliphatic carbocycles. The zero-order chi connectivity index (χ0) is 99.7. The number of aliphatic hydroxyl groups is 1. The summed E-state index contributed by atoms with van der Waals surface area (Å²) in [6, 6.07) is 5.03. The first-order chi connectivity index (χ1) is 66.3. The second kappa shape index (κ2) is 48.3. The lowest BCUT2D eigenvalue weighted by Crippen LogP contribution is -3.10. The molecule has 3 aromatic rings. The highest BCUT2D eigenvalue weighted by atomic mass is 33.1. The molecule has 0 spiro atoms. The number of rotatable bonds is 30. The number of Topliss-reactive ketones (excluding diaryl/α,β-unsaturated/α-hetero) is 1. The molecule has 0 bridgehead atoms. The molecule has 5 heterocycles. The van der Waals surface area contributed by atoms with Crippen LogP contribution in [-0.2, 0) is 79.8 Å². The number of allylic oxidation sites excluding steroid dienone is 3. The maximum Gasteiger partial charge on any atom is 0.407 e. The molecule has 3 aromatic carbocycles. The van der Waals surface area contributed by atoms with E-state index < -0.39 is 162 Å². The van der Waals surface area contributed by atoms with Gasteiger partial charge >= 0.3 is 12.1 Å². The first kappa shape index (κ1) is 106. The number of hydrogen-bond donors (Lipinski definition) is 14. The molecule has 31 nitrogen and oxygen atoms in total. The number of ether oxygens (including phenoxy) is 2. The lowest BCUT2D eigenvalue weighted by molar-refractivity contribution is -0.887. The number of nitrogens with one attached hydrogen (secondary N) is 12. The number of esters is 1. The fourth-order valence-electron chi connectivity index (χ4n) is 23.8. The van der Waals surface area contributed by atoms with Crippen molar-refractivity contribution in [3.63, 3.8) is 0 Å². The van der Waals surface area contributed by atoms with Crippen LogP contribution >= 0.6 is 21.6 Å². The average molecular weight is 1960 g/mol. The monoisotopic (exact) mass is 1960 g/mol. The summed E-state index contributed by atoms with van der Waals surface area (Å²) in [4.78, 5) is 199. The van der Waals surface area contributed by atoms with Crippen LogP contribution < -0.4 is 63.4 Å². The number of phenolic OH excluding ortho intramolecular Hbond substituents is 1. The number of aliphatic hydroxyl groups excluding tert-OH is 1. The van der Waals surface area contributed by atoms with Crippen molar-refractivity contribution in [3.8, 4) is 5.75 Å². The molecular weight excluding hydrogens is 1810 g/mol. The van der Waals surface area contributed by atoms with Crippen LogP contribution in [0.3, 0.4) is 0 Å². The summed E-state index contributed by atoms with van der Waals surface area (Å²) in [6.45, 7) is 23.1. The van der Waals surface area contributed by atoms with E-state index >= 15 is 38.4 Å². The van der Waals surface area contributed by atoms with Crippen molar-refractivity contribution in [3.05, 3.63) is 126 Å². The third-order valence-electron chi connectivity index (χ3n) is 31.3. The second-order valence-corrected chi connectivity index (χ2v) is 45.9. The molecule has 0 radical (unpaired) electrons. The Morgan fingerprint density at radius 3 is 2.12 bits per heavy atom. The Morgan fingerprint density at radius 1 is 0.676 bits per heavy atom. The molecule has 760 valence electrons. The standard InChI is InChI=1S/C106H152N14O17S2/c1-62(2)23-19-24-64(5)77-41-42-78-76-40-37-72-55-74(43-45-105(72,10)79(76)44-46-106(77,78)11)136-90(124)58-110-99(131)92(65(6)121)117-97(129)86-61-139-138-60-85(114-95(127)84(53-67-33-36-68-25-13-14-26-69(68)51-67)113-98(130)87-31-21-49-119(87)102(134)88-32-22-50-120(88)101(133)70-27-20-48-118(12)59-70)96(128)112-83(52-66-34-38-73(122)39-35-66)94(126)111-82(54-71-56-108-80-29-16-15-28-75(71)80)89(123)57-109-81(93(125)116-91(63(3)4)100(132)115-86)30-17-18-47-107-103(135)137-104(7,8)9/h13-16,25-26,28-29,33-39,51,56,62-65,70,74-88,91-92,108-109,121-122H,17-24,27,30-32,40-50,52-55,57-61H2,1-12H3,(H,107,135)(H,110,131)(H,111,126)(H,112,128)(H,113,130)(H,114,127)(H,115,132)(H,116,125)(H,117,129)/p+1. The van der Waals surface area contributed by atoms with Gasteiger partial charge in [0.05, 0.1) is 56.8 Å². The van der Waals surface area contributed by atoms with Crippen LogP contribution in [0.2, 0.25) is 0 Å². The van der Waals surface area contributed by atoms with Crippen molar-refractivity contribution >= 4 is 109 Å². The smallest absolute Gasteiger partial charge is 0.407 e. The van der Waals surface area contributed by atoms with Crippen LogP contribution in [0.5, 0.6) is 5.75 Å². The fraction of sp³-hybridized carbons (Fsp3) is 0.651. The van der Waals surface area contributed by atoms with E-state index in [0.29, 0.717) is 97.7 Å². The molecule has 14 N–H and O–H groups in total. The molecule has 3 saturated carbocycles. The normalized spacial score (nSPS) is 30.2. The van der Waals surface area contributed by atoms with Crippen molar-refractivity contribution in [1.82, 2.24) is 68.3 Å². The van der Waals surface area contributed by atoms with Gasteiger partial charge in [-0.3, -0.25) is 62.9 Å². The Hall–Kier alpha value is -9.83. The van der Waals surface area contributed by atoms with Crippen molar-refractivity contribution in [2.24, 2.45) is 64.1 Å². The van der Waals surface area contributed by atoms with Gasteiger partial charge in [0.25, 0.3) is 0 Å². The minimum Gasteiger partial charge on any atom is -0.508 e. The van der Waals surface area contributed by atoms with Crippen LogP contribution in [0.25, 0.3) is 10.8 Å². The number of quaternary nitrogens is 1. The van der Waals surface area contributed by atoms with Gasteiger partial charge in [-0.15, -0.1) is 0 Å².